The lowest BCUT2D eigenvalue weighted by Gasteiger charge is -2.36. The van der Waals surface area contributed by atoms with Crippen LogP contribution in [-0.2, 0) is 20.9 Å². The van der Waals surface area contributed by atoms with Crippen LogP contribution in [0.4, 0.5) is 0 Å². The average molecular weight is 375 g/mol. The molecule has 2 aromatic carbocycles. The maximum absolute atomic E-state index is 12.7. The number of rotatable bonds is 5. The second kappa shape index (κ2) is 8.01. The molecule has 0 aromatic heterocycles. The summed E-state index contributed by atoms with van der Waals surface area (Å²) in [6.45, 7) is 2.72. The quantitative estimate of drug-likeness (QED) is 0.576. The fourth-order valence-corrected chi connectivity index (χ4v) is 4.34. The van der Waals surface area contributed by atoms with Crippen LogP contribution in [0, 0.1) is 5.92 Å². The van der Waals surface area contributed by atoms with Crippen molar-refractivity contribution in [3.8, 4) is 11.1 Å². The van der Waals surface area contributed by atoms with Crippen LogP contribution in [-0.4, -0.2) is 29.3 Å². The van der Waals surface area contributed by atoms with E-state index in [1.54, 1.807) is 13.1 Å². The molecule has 1 saturated carbocycles. The van der Waals surface area contributed by atoms with E-state index in [0.717, 1.165) is 19.3 Å². The summed E-state index contributed by atoms with van der Waals surface area (Å²) in [5.74, 6) is -0.633. The summed E-state index contributed by atoms with van der Waals surface area (Å²) in [6, 6.07) is 19.0. The van der Waals surface area contributed by atoms with Gasteiger partial charge in [-0.05, 0) is 36.5 Å². The van der Waals surface area contributed by atoms with E-state index in [9.17, 15) is 9.59 Å². The number of carbonyl (C=O) groups excluding carboxylic acids is 2. The van der Waals surface area contributed by atoms with Crippen LogP contribution in [0.1, 0.15) is 31.7 Å². The van der Waals surface area contributed by atoms with Crippen LogP contribution in [0.2, 0.25) is 0 Å². The summed E-state index contributed by atoms with van der Waals surface area (Å²) in [6.07, 6.45) is 4.60. The van der Waals surface area contributed by atoms with Crippen molar-refractivity contribution in [2.75, 3.05) is 6.61 Å². The molecule has 2 atom stereocenters. The Balaban J connectivity index is 1.57. The highest BCUT2D eigenvalue weighted by atomic mass is 16.5. The Hall–Kier alpha value is -2.88. The molecule has 1 aliphatic heterocycles. The number of ketones is 1. The number of carbonyl (C=O) groups is 2. The molecular formula is C24H25NO3. The predicted molar refractivity (Wildman–Crippen MR) is 108 cm³/mol. The molecule has 28 heavy (non-hydrogen) atoms. The highest BCUT2D eigenvalue weighted by molar-refractivity contribution is 6.18. The first-order valence-corrected chi connectivity index (χ1v) is 10.0. The van der Waals surface area contributed by atoms with Crippen molar-refractivity contribution in [3.63, 3.8) is 0 Å². The van der Waals surface area contributed by atoms with E-state index >= 15 is 0 Å². The Morgan fingerprint density at radius 2 is 1.75 bits per heavy atom. The first-order chi connectivity index (χ1) is 13.7. The minimum absolute atomic E-state index is 0.0448. The van der Waals surface area contributed by atoms with E-state index in [1.165, 1.54) is 16.7 Å². The maximum Gasteiger partial charge on any atom is 0.343 e. The van der Waals surface area contributed by atoms with Crippen LogP contribution in [0.25, 0.3) is 11.1 Å². The van der Waals surface area contributed by atoms with Gasteiger partial charge in [-0.2, -0.15) is 0 Å². The Morgan fingerprint density at radius 3 is 2.46 bits per heavy atom. The lowest BCUT2D eigenvalue weighted by atomic mass is 9.88. The molecule has 144 valence electrons. The molecule has 4 rings (SSSR count). The van der Waals surface area contributed by atoms with Crippen LogP contribution in [0.3, 0.4) is 0 Å². The fourth-order valence-electron chi connectivity index (χ4n) is 4.34. The van der Waals surface area contributed by atoms with E-state index in [2.05, 4.69) is 41.3 Å². The molecule has 1 heterocycles. The second-order valence-electron chi connectivity index (χ2n) is 7.47. The molecule has 1 aliphatic carbocycles. The van der Waals surface area contributed by atoms with Crippen molar-refractivity contribution in [2.45, 2.75) is 38.8 Å². The topological polar surface area (TPSA) is 46.6 Å². The summed E-state index contributed by atoms with van der Waals surface area (Å²) in [7, 11) is 0. The summed E-state index contributed by atoms with van der Waals surface area (Å²) in [5, 5.41) is 0. The molecule has 4 nitrogen and oxygen atoms in total. The zero-order chi connectivity index (χ0) is 19.5. The largest absolute Gasteiger partial charge is 0.462 e. The van der Waals surface area contributed by atoms with Crippen LogP contribution >= 0.6 is 0 Å². The van der Waals surface area contributed by atoms with Crippen molar-refractivity contribution in [1.29, 1.82) is 0 Å². The number of hydrogen-bond donors (Lipinski definition) is 0. The molecule has 1 fully saturated rings. The SMILES string of the molecule is CCOC(=O)C1=CN(Cc2ccc(-c3ccccc3)cc2)C2CCCC2C1=O. The maximum atomic E-state index is 12.7. The third-order valence-corrected chi connectivity index (χ3v) is 5.72. The number of nitrogens with zero attached hydrogens (tertiary/aromatic N) is 1. The van der Waals surface area contributed by atoms with Crippen molar-refractivity contribution >= 4 is 11.8 Å². The Kier molecular flexibility index (Phi) is 5.29. The van der Waals surface area contributed by atoms with E-state index in [4.69, 9.17) is 4.74 Å². The Morgan fingerprint density at radius 1 is 1.04 bits per heavy atom. The van der Waals surface area contributed by atoms with Crippen molar-refractivity contribution in [1.82, 2.24) is 4.90 Å². The zero-order valence-electron chi connectivity index (χ0n) is 16.1. The Bertz CT molecular complexity index is 886. The van der Waals surface area contributed by atoms with Gasteiger partial charge in [0.15, 0.2) is 5.78 Å². The van der Waals surface area contributed by atoms with Crippen molar-refractivity contribution in [3.05, 3.63) is 71.9 Å². The standard InChI is InChI=1S/C24H25NO3/c1-2-28-24(27)21-16-25(22-10-6-9-20(22)23(21)26)15-17-11-13-19(14-12-17)18-7-4-3-5-8-18/h3-5,7-8,11-14,16,20,22H,2,6,9-10,15H2,1H3. The molecule has 2 unspecified atom stereocenters. The first kappa shape index (κ1) is 18.5. The number of fused-ring (bicyclic) bond motifs is 1. The van der Waals surface area contributed by atoms with Crippen LogP contribution in [0.15, 0.2) is 66.4 Å². The molecule has 2 aromatic rings. The second-order valence-corrected chi connectivity index (χ2v) is 7.47. The van der Waals surface area contributed by atoms with Gasteiger partial charge in [0.25, 0.3) is 0 Å². The number of Topliss-reactive ketones (excluding diaryl/α,β-unsaturated/α-hetero) is 1. The fraction of sp³-hybridized carbons (Fsp3) is 0.333. The van der Waals surface area contributed by atoms with Gasteiger partial charge >= 0.3 is 5.97 Å². The predicted octanol–water partition coefficient (Wildman–Crippen LogP) is 4.35. The van der Waals surface area contributed by atoms with Crippen LogP contribution < -0.4 is 0 Å². The van der Waals surface area contributed by atoms with E-state index in [1.807, 2.05) is 18.2 Å². The number of esters is 1. The van der Waals surface area contributed by atoms with Gasteiger partial charge < -0.3 is 9.64 Å². The molecule has 0 N–H and O–H groups in total. The average Bonchev–Trinajstić information content (AvgIpc) is 3.22. The normalized spacial score (nSPS) is 21.2. The number of hydrogen-bond acceptors (Lipinski definition) is 4. The summed E-state index contributed by atoms with van der Waals surface area (Å²) in [5.41, 5.74) is 3.74. The van der Waals surface area contributed by atoms with Gasteiger partial charge in [0.05, 0.1) is 6.61 Å². The van der Waals surface area contributed by atoms with Gasteiger partial charge in [0.1, 0.15) is 5.57 Å². The third kappa shape index (κ3) is 3.59. The van der Waals surface area contributed by atoms with Crippen LogP contribution in [0.5, 0.6) is 0 Å². The Labute approximate surface area is 165 Å². The molecule has 4 heteroatoms. The molecule has 0 radical (unpaired) electrons. The van der Waals surface area contributed by atoms with Crippen molar-refractivity contribution < 1.29 is 14.3 Å². The van der Waals surface area contributed by atoms with Gasteiger partial charge in [0.2, 0.25) is 0 Å². The van der Waals surface area contributed by atoms with Gasteiger partial charge in [-0.15, -0.1) is 0 Å². The first-order valence-electron chi connectivity index (χ1n) is 10.0. The lowest BCUT2D eigenvalue weighted by Crippen LogP contribution is -2.43. The van der Waals surface area contributed by atoms with Gasteiger partial charge in [-0.3, -0.25) is 4.79 Å². The molecular weight excluding hydrogens is 350 g/mol. The van der Waals surface area contributed by atoms with Gasteiger partial charge in [-0.25, -0.2) is 4.79 Å². The summed E-state index contributed by atoms with van der Waals surface area (Å²) in [4.78, 5) is 27.2. The van der Waals surface area contributed by atoms with Gasteiger partial charge in [-0.1, -0.05) is 61.0 Å². The van der Waals surface area contributed by atoms with Gasteiger partial charge in [0, 0.05) is 24.7 Å². The third-order valence-electron chi connectivity index (χ3n) is 5.72. The van der Waals surface area contributed by atoms with E-state index in [-0.39, 0.29) is 29.9 Å². The lowest BCUT2D eigenvalue weighted by molar-refractivity contribution is -0.141. The van der Waals surface area contributed by atoms with E-state index < -0.39 is 5.97 Å². The highest BCUT2D eigenvalue weighted by Crippen LogP contribution is 2.37. The molecule has 0 spiro atoms. The highest BCUT2D eigenvalue weighted by Gasteiger charge is 2.43. The van der Waals surface area contributed by atoms with E-state index in [0.29, 0.717) is 6.54 Å². The molecule has 0 amide bonds. The van der Waals surface area contributed by atoms with Crippen molar-refractivity contribution in [2.24, 2.45) is 5.92 Å². The zero-order valence-corrected chi connectivity index (χ0v) is 16.1. The number of ether oxygens (including phenoxy) is 1. The summed E-state index contributed by atoms with van der Waals surface area (Å²) < 4.78 is 5.11. The summed E-state index contributed by atoms with van der Waals surface area (Å²) >= 11 is 0. The molecule has 0 bridgehead atoms. The minimum atomic E-state index is -0.498. The number of benzene rings is 2. The smallest absolute Gasteiger partial charge is 0.343 e. The monoisotopic (exact) mass is 375 g/mol. The molecule has 0 saturated heterocycles. The minimum Gasteiger partial charge on any atom is -0.462 e. The molecule has 2 aliphatic rings.